The Morgan fingerprint density at radius 1 is 0.431 bits per heavy atom. The number of anilines is 6. The topological polar surface area (TPSA) is 32.8 Å². The Hall–Kier alpha value is -6.80. The number of nitrogens with zero attached hydrogens (tertiary/aromatic N) is 2. The summed E-state index contributed by atoms with van der Waals surface area (Å²) in [6.07, 6.45) is 9.37. The van der Waals surface area contributed by atoms with Crippen molar-refractivity contribution in [3.05, 3.63) is 173 Å². The molecule has 6 heterocycles. The molecule has 0 saturated carbocycles. The molecule has 4 nitrogen and oxygen atoms in total. The molecule has 0 N–H and O–H groups in total. The summed E-state index contributed by atoms with van der Waals surface area (Å²) in [6, 6.07) is 52.4. The zero-order valence-electron chi connectivity index (χ0n) is 35.7. The van der Waals surface area contributed by atoms with Crippen molar-refractivity contribution in [1.29, 1.82) is 0 Å². The SMILES string of the molecule is c1cc2c(c(-c3c(N4c5cccc6c5B(c5oc7ccccc7c5N6c5ccc6sccc6c5-c5cccc6c5CCCC6)c5c4oc4ccccc54)ccc4sccc34)c1)CCCC2. The van der Waals surface area contributed by atoms with Gasteiger partial charge in [0.05, 0.1) is 22.7 Å². The fourth-order valence-electron chi connectivity index (χ4n) is 12.4. The first-order valence-corrected chi connectivity index (χ1v) is 25.0. The maximum absolute atomic E-state index is 7.32. The predicted molar refractivity (Wildman–Crippen MR) is 275 cm³/mol. The number of para-hydroxylation sites is 2. The van der Waals surface area contributed by atoms with Gasteiger partial charge in [-0.25, -0.2) is 0 Å². The first-order valence-electron chi connectivity index (χ1n) is 23.3. The van der Waals surface area contributed by atoms with Gasteiger partial charge in [0.1, 0.15) is 11.2 Å². The molecule has 0 unspecified atom stereocenters. The van der Waals surface area contributed by atoms with Gasteiger partial charge < -0.3 is 13.7 Å². The van der Waals surface area contributed by atoms with Crippen molar-refractivity contribution in [2.24, 2.45) is 0 Å². The molecule has 0 amide bonds. The lowest BCUT2D eigenvalue weighted by Crippen LogP contribution is -2.60. The third-order valence-electron chi connectivity index (χ3n) is 15.1. The Morgan fingerprint density at radius 2 is 0.985 bits per heavy atom. The summed E-state index contributed by atoms with van der Waals surface area (Å²) in [6.45, 7) is -0.217. The van der Waals surface area contributed by atoms with Gasteiger partial charge in [0, 0.05) is 58.9 Å². The van der Waals surface area contributed by atoms with Crippen molar-refractivity contribution in [3.63, 3.8) is 0 Å². The van der Waals surface area contributed by atoms with Crippen LogP contribution in [-0.4, -0.2) is 6.71 Å². The average Bonchev–Trinajstić information content (AvgIpc) is 4.19. The molecule has 65 heavy (non-hydrogen) atoms. The molecular formula is C58H41BN2O2S2. The number of hydrogen-bond acceptors (Lipinski definition) is 6. The van der Waals surface area contributed by atoms with E-state index in [1.54, 1.807) is 0 Å². The van der Waals surface area contributed by atoms with Crippen LogP contribution >= 0.6 is 22.7 Å². The minimum Gasteiger partial charge on any atom is -0.468 e. The second kappa shape index (κ2) is 13.9. The average molecular weight is 873 g/mol. The van der Waals surface area contributed by atoms with Crippen LogP contribution in [0, 0.1) is 0 Å². The number of thiophene rings is 2. The highest BCUT2D eigenvalue weighted by atomic mass is 32.1. The van der Waals surface area contributed by atoms with Gasteiger partial charge in [0.15, 0.2) is 0 Å². The monoisotopic (exact) mass is 872 g/mol. The summed E-state index contributed by atoms with van der Waals surface area (Å²) in [5.41, 5.74) is 22.1. The van der Waals surface area contributed by atoms with Crippen molar-refractivity contribution < 1.29 is 8.83 Å². The van der Waals surface area contributed by atoms with Crippen molar-refractivity contribution >= 4 is 122 Å². The largest absolute Gasteiger partial charge is 0.468 e. The molecule has 4 aliphatic rings. The molecule has 2 aliphatic heterocycles. The number of fused-ring (bicyclic) bond motifs is 12. The van der Waals surface area contributed by atoms with E-state index in [1.807, 2.05) is 22.7 Å². The van der Waals surface area contributed by atoms with Gasteiger partial charge in [0.2, 0.25) is 5.88 Å². The van der Waals surface area contributed by atoms with E-state index in [1.165, 1.54) is 107 Å². The molecule has 0 fully saturated rings. The lowest BCUT2D eigenvalue weighted by atomic mass is 9.35. The zero-order chi connectivity index (χ0) is 42.3. The van der Waals surface area contributed by atoms with Crippen LogP contribution < -0.4 is 26.4 Å². The van der Waals surface area contributed by atoms with Gasteiger partial charge in [-0.15, -0.1) is 22.7 Å². The molecule has 0 radical (unpaired) electrons. The van der Waals surface area contributed by atoms with Gasteiger partial charge >= 0.3 is 6.71 Å². The maximum atomic E-state index is 7.32. The van der Waals surface area contributed by atoms with E-state index in [0.29, 0.717) is 0 Å². The Bertz CT molecular complexity index is 3790. The molecule has 0 atom stereocenters. The van der Waals surface area contributed by atoms with Gasteiger partial charge in [-0.05, 0) is 168 Å². The summed E-state index contributed by atoms with van der Waals surface area (Å²) in [7, 11) is 0. The summed E-state index contributed by atoms with van der Waals surface area (Å²) in [5.74, 6) is 0.859. The van der Waals surface area contributed by atoms with Gasteiger partial charge in [-0.3, -0.25) is 4.90 Å². The smallest absolute Gasteiger partial charge is 0.302 e. The third kappa shape index (κ3) is 5.08. The summed E-state index contributed by atoms with van der Waals surface area (Å²) in [5, 5.41) is 9.33. The molecule has 0 spiro atoms. The van der Waals surface area contributed by atoms with Crippen molar-refractivity contribution in [3.8, 4) is 22.3 Å². The number of benzene rings is 7. The highest BCUT2D eigenvalue weighted by Gasteiger charge is 2.50. The first kappa shape index (κ1) is 36.5. The maximum Gasteiger partial charge on any atom is 0.302 e. The molecule has 15 rings (SSSR count). The van der Waals surface area contributed by atoms with Crippen LogP contribution in [0.25, 0.3) is 64.4 Å². The van der Waals surface area contributed by atoms with Gasteiger partial charge in [0.25, 0.3) is 0 Å². The van der Waals surface area contributed by atoms with Crippen LogP contribution in [0.1, 0.15) is 47.9 Å². The summed E-state index contributed by atoms with van der Waals surface area (Å²) in [4.78, 5) is 5.05. The molecule has 0 bridgehead atoms. The summed E-state index contributed by atoms with van der Waals surface area (Å²) < 4.78 is 17.2. The molecule has 310 valence electrons. The molecule has 7 aromatic carbocycles. The van der Waals surface area contributed by atoms with Crippen LogP contribution in [0.3, 0.4) is 0 Å². The van der Waals surface area contributed by atoms with E-state index in [4.69, 9.17) is 8.83 Å². The second-order valence-corrected chi connectivity index (χ2v) is 20.2. The van der Waals surface area contributed by atoms with E-state index in [0.717, 1.165) is 81.7 Å². The van der Waals surface area contributed by atoms with Crippen LogP contribution in [0.4, 0.5) is 34.3 Å². The Balaban J connectivity index is 1.07. The normalized spacial score (nSPS) is 15.1. The molecule has 2 aliphatic carbocycles. The Kier molecular flexibility index (Phi) is 7.79. The predicted octanol–water partition coefficient (Wildman–Crippen LogP) is 14.8. The van der Waals surface area contributed by atoms with E-state index >= 15 is 0 Å². The van der Waals surface area contributed by atoms with E-state index in [9.17, 15) is 0 Å². The van der Waals surface area contributed by atoms with Gasteiger partial charge in [-0.1, -0.05) is 72.8 Å². The fourth-order valence-corrected chi connectivity index (χ4v) is 14.0. The number of hydrogen-bond donors (Lipinski definition) is 0. The van der Waals surface area contributed by atoms with Crippen molar-refractivity contribution in [1.82, 2.24) is 0 Å². The van der Waals surface area contributed by atoms with Crippen molar-refractivity contribution in [2.75, 3.05) is 9.80 Å². The number of furan rings is 2. The molecule has 11 aromatic rings. The minimum absolute atomic E-state index is 0.217. The van der Waals surface area contributed by atoms with Crippen LogP contribution in [-0.2, 0) is 25.7 Å². The lowest BCUT2D eigenvalue weighted by molar-refractivity contribution is 0.622. The standard InChI is InChI=1S/C58H41BN2O2S2/c1-3-16-36-34(12-1)14-9-20-38(36)52-42-30-32-64-50(42)28-26-44(52)60-46-22-11-23-47-55(46)59(57-56(60)41-19-6-8-25-49(41)62-57)54-40-18-5-7-24-48(40)63-58(54)61(47)45-27-29-51-43(31-33-65-51)53(45)39-21-10-15-35-13-2-4-17-37(35)39/h5-11,14-15,18-33H,1-4,12-13,16-17H2. The highest BCUT2D eigenvalue weighted by molar-refractivity contribution is 7.17. The zero-order valence-corrected chi connectivity index (χ0v) is 37.3. The van der Waals surface area contributed by atoms with E-state index in [2.05, 4.69) is 160 Å². The van der Waals surface area contributed by atoms with E-state index in [-0.39, 0.29) is 6.71 Å². The molecule has 0 saturated heterocycles. The minimum atomic E-state index is -0.217. The highest BCUT2D eigenvalue weighted by Crippen LogP contribution is 2.54. The fraction of sp³-hybridized carbons (Fsp3) is 0.138. The number of rotatable bonds is 4. The molecular weight excluding hydrogens is 832 g/mol. The van der Waals surface area contributed by atoms with Crippen LogP contribution in [0.15, 0.2) is 159 Å². The van der Waals surface area contributed by atoms with E-state index < -0.39 is 0 Å². The molecule has 7 heteroatoms. The number of aryl methyl sites for hydroxylation is 2. The Morgan fingerprint density at radius 3 is 1.65 bits per heavy atom. The van der Waals surface area contributed by atoms with Crippen LogP contribution in [0.5, 0.6) is 0 Å². The first-order chi connectivity index (χ1) is 32.3. The summed E-state index contributed by atoms with van der Waals surface area (Å²) >= 11 is 3.65. The Labute approximate surface area is 385 Å². The second-order valence-electron chi connectivity index (χ2n) is 18.3. The molecule has 4 aromatic heterocycles. The lowest BCUT2D eigenvalue weighted by Gasteiger charge is -2.41. The van der Waals surface area contributed by atoms with Crippen LogP contribution in [0.2, 0.25) is 0 Å². The van der Waals surface area contributed by atoms with Gasteiger partial charge in [-0.2, -0.15) is 0 Å². The van der Waals surface area contributed by atoms with Crippen molar-refractivity contribution in [2.45, 2.75) is 51.4 Å². The quantitative estimate of drug-likeness (QED) is 0.165. The third-order valence-corrected chi connectivity index (χ3v) is 16.8.